The summed E-state index contributed by atoms with van der Waals surface area (Å²) in [6, 6.07) is 6.36. The van der Waals surface area contributed by atoms with E-state index < -0.39 is 0 Å². The van der Waals surface area contributed by atoms with Gasteiger partial charge in [-0.15, -0.1) is 0 Å². The molecule has 2 aromatic rings. The molecule has 2 N–H and O–H groups in total. The summed E-state index contributed by atoms with van der Waals surface area (Å²) >= 11 is 6.86. The summed E-state index contributed by atoms with van der Waals surface area (Å²) < 4.78 is 14.8. The maximum absolute atomic E-state index is 12.8. The number of thioether (sulfide) groups is 1. The van der Waals surface area contributed by atoms with Gasteiger partial charge in [0, 0.05) is 38.3 Å². The zero-order valence-corrected chi connectivity index (χ0v) is 13.3. The minimum atomic E-state index is -0.231. The fourth-order valence-corrected chi connectivity index (χ4v) is 2.61. The molecule has 21 heavy (non-hydrogen) atoms. The van der Waals surface area contributed by atoms with Gasteiger partial charge < -0.3 is 15.2 Å². The lowest BCUT2D eigenvalue weighted by molar-refractivity contribution is 0.626. The van der Waals surface area contributed by atoms with Crippen molar-refractivity contribution in [3.05, 3.63) is 48.0 Å². The van der Waals surface area contributed by atoms with Crippen LogP contribution in [-0.2, 0) is 13.6 Å². The van der Waals surface area contributed by atoms with Crippen molar-refractivity contribution in [2.75, 3.05) is 12.3 Å². The summed E-state index contributed by atoms with van der Waals surface area (Å²) in [4.78, 5) is 4.23. The van der Waals surface area contributed by atoms with Crippen LogP contribution in [0.2, 0.25) is 0 Å². The van der Waals surface area contributed by atoms with Gasteiger partial charge in [-0.3, -0.25) is 0 Å². The minimum absolute atomic E-state index is 0.231. The molecule has 0 saturated carbocycles. The summed E-state index contributed by atoms with van der Waals surface area (Å²) in [5.41, 5.74) is 0.989. The van der Waals surface area contributed by atoms with Gasteiger partial charge in [0.1, 0.15) is 5.82 Å². The lowest BCUT2D eigenvalue weighted by Gasteiger charge is -2.10. The van der Waals surface area contributed by atoms with Crippen molar-refractivity contribution in [2.24, 2.45) is 7.05 Å². The van der Waals surface area contributed by atoms with Crippen molar-refractivity contribution in [2.45, 2.75) is 11.7 Å². The number of halogens is 1. The Labute approximate surface area is 133 Å². The molecule has 7 heteroatoms. The molecule has 0 unspecified atom stereocenters. The van der Waals surface area contributed by atoms with Gasteiger partial charge in [0.05, 0.1) is 0 Å². The maximum Gasteiger partial charge on any atom is 0.167 e. The molecule has 0 radical (unpaired) electrons. The number of hydrogen-bond donors (Lipinski definition) is 2. The van der Waals surface area contributed by atoms with E-state index in [-0.39, 0.29) is 5.82 Å². The summed E-state index contributed by atoms with van der Waals surface area (Å²) in [5.74, 6) is 0.647. The largest absolute Gasteiger partial charge is 0.362 e. The van der Waals surface area contributed by atoms with Crippen LogP contribution in [0.15, 0.2) is 41.8 Å². The van der Waals surface area contributed by atoms with Crippen LogP contribution in [0.4, 0.5) is 4.39 Å². The molecule has 0 fully saturated rings. The van der Waals surface area contributed by atoms with E-state index in [1.165, 1.54) is 12.1 Å². The van der Waals surface area contributed by atoms with Crippen LogP contribution in [0.1, 0.15) is 5.56 Å². The van der Waals surface area contributed by atoms with Crippen molar-refractivity contribution in [3.8, 4) is 0 Å². The molecule has 0 aliphatic rings. The quantitative estimate of drug-likeness (QED) is 0.485. The Morgan fingerprint density at radius 3 is 2.76 bits per heavy atom. The zero-order valence-electron chi connectivity index (χ0n) is 11.7. The molecule has 0 saturated heterocycles. The van der Waals surface area contributed by atoms with E-state index in [1.807, 2.05) is 17.8 Å². The van der Waals surface area contributed by atoms with Crippen LogP contribution in [0, 0.1) is 5.82 Å². The smallest absolute Gasteiger partial charge is 0.167 e. The lowest BCUT2D eigenvalue weighted by Crippen LogP contribution is -2.36. The molecule has 112 valence electrons. The number of benzene rings is 1. The number of rotatable bonds is 6. The van der Waals surface area contributed by atoms with E-state index in [9.17, 15) is 4.39 Å². The number of aryl methyl sites for hydroxylation is 1. The van der Waals surface area contributed by atoms with Gasteiger partial charge in [-0.2, -0.15) is 0 Å². The number of nitrogens with zero attached hydrogens (tertiary/aromatic N) is 2. The molecule has 0 spiro atoms. The van der Waals surface area contributed by atoms with Gasteiger partial charge in [-0.1, -0.05) is 23.9 Å². The fraction of sp³-hybridized carbons (Fsp3) is 0.286. The average Bonchev–Trinajstić information content (AvgIpc) is 2.88. The third-order valence-electron chi connectivity index (χ3n) is 2.76. The summed E-state index contributed by atoms with van der Waals surface area (Å²) in [6.07, 6.45) is 3.70. The highest BCUT2D eigenvalue weighted by molar-refractivity contribution is 7.99. The summed E-state index contributed by atoms with van der Waals surface area (Å²) in [7, 11) is 1.97. The van der Waals surface area contributed by atoms with E-state index in [4.69, 9.17) is 12.2 Å². The zero-order chi connectivity index (χ0) is 15.1. The highest BCUT2D eigenvalue weighted by Crippen LogP contribution is 2.12. The highest BCUT2D eigenvalue weighted by atomic mass is 32.2. The van der Waals surface area contributed by atoms with Crippen molar-refractivity contribution in [1.82, 2.24) is 20.2 Å². The van der Waals surface area contributed by atoms with Crippen LogP contribution in [0.5, 0.6) is 0 Å². The predicted octanol–water partition coefficient (Wildman–Crippen LogP) is 2.32. The Bertz CT molecular complexity index is 583. The van der Waals surface area contributed by atoms with Crippen LogP contribution in [0.25, 0.3) is 0 Å². The molecule has 0 atom stereocenters. The molecular formula is C14H17FN4S2. The molecule has 1 aromatic carbocycles. The molecule has 1 aromatic heterocycles. The second-order valence-electron chi connectivity index (χ2n) is 4.41. The number of nitrogens with one attached hydrogen (secondary N) is 2. The standard InChI is InChI=1S/C14H17FN4S2/c1-19-8-6-17-14(19)21-9-7-16-13(20)18-10-11-2-4-12(15)5-3-11/h2-6,8H,7,9-10H2,1H3,(H2,16,18,20). The average molecular weight is 324 g/mol. The minimum Gasteiger partial charge on any atom is -0.362 e. The highest BCUT2D eigenvalue weighted by Gasteiger charge is 2.00. The third-order valence-corrected chi connectivity index (χ3v) is 4.11. The molecule has 2 rings (SSSR count). The van der Waals surface area contributed by atoms with Crippen LogP contribution < -0.4 is 10.6 Å². The SMILES string of the molecule is Cn1ccnc1SCCNC(=S)NCc1ccc(F)cc1. The first kappa shape index (κ1) is 15.8. The molecule has 0 aliphatic heterocycles. The predicted molar refractivity (Wildman–Crippen MR) is 87.8 cm³/mol. The Kier molecular flexibility index (Phi) is 6.01. The van der Waals surface area contributed by atoms with Crippen LogP contribution >= 0.6 is 24.0 Å². The summed E-state index contributed by atoms with van der Waals surface area (Å²) in [6.45, 7) is 1.34. The molecule has 4 nitrogen and oxygen atoms in total. The van der Waals surface area contributed by atoms with Gasteiger partial charge in [-0.05, 0) is 29.9 Å². The topological polar surface area (TPSA) is 41.9 Å². The van der Waals surface area contributed by atoms with E-state index in [0.29, 0.717) is 11.7 Å². The number of aromatic nitrogens is 2. The number of hydrogen-bond acceptors (Lipinski definition) is 3. The monoisotopic (exact) mass is 324 g/mol. The first-order chi connectivity index (χ1) is 10.1. The molecule has 0 aliphatic carbocycles. The van der Waals surface area contributed by atoms with Gasteiger partial charge in [-0.25, -0.2) is 9.37 Å². The Balaban J connectivity index is 1.61. The van der Waals surface area contributed by atoms with Crippen LogP contribution in [-0.4, -0.2) is 27.0 Å². The van der Waals surface area contributed by atoms with Crippen molar-refractivity contribution in [1.29, 1.82) is 0 Å². The normalized spacial score (nSPS) is 10.4. The van der Waals surface area contributed by atoms with Crippen molar-refractivity contribution < 1.29 is 4.39 Å². The van der Waals surface area contributed by atoms with E-state index >= 15 is 0 Å². The molecule has 0 amide bonds. The Morgan fingerprint density at radius 2 is 2.10 bits per heavy atom. The summed E-state index contributed by atoms with van der Waals surface area (Å²) in [5, 5.41) is 7.81. The second kappa shape index (κ2) is 7.99. The molecule has 0 bridgehead atoms. The first-order valence-corrected chi connectivity index (χ1v) is 7.91. The van der Waals surface area contributed by atoms with Gasteiger partial charge in [0.25, 0.3) is 0 Å². The lowest BCUT2D eigenvalue weighted by atomic mass is 10.2. The molecule has 1 heterocycles. The first-order valence-electron chi connectivity index (χ1n) is 6.51. The Morgan fingerprint density at radius 1 is 1.33 bits per heavy atom. The van der Waals surface area contributed by atoms with Gasteiger partial charge in [0.2, 0.25) is 0 Å². The van der Waals surface area contributed by atoms with E-state index in [0.717, 1.165) is 23.0 Å². The second-order valence-corrected chi connectivity index (χ2v) is 5.88. The van der Waals surface area contributed by atoms with Gasteiger partial charge >= 0.3 is 0 Å². The fourth-order valence-electron chi connectivity index (χ4n) is 1.64. The maximum atomic E-state index is 12.8. The number of thiocarbonyl (C=S) groups is 1. The third kappa shape index (κ3) is 5.35. The Hall–Kier alpha value is -1.60. The number of imidazole rings is 1. The van der Waals surface area contributed by atoms with Crippen LogP contribution in [0.3, 0.4) is 0 Å². The molecular weight excluding hydrogens is 307 g/mol. The van der Waals surface area contributed by atoms with Crippen molar-refractivity contribution >= 4 is 29.1 Å². The van der Waals surface area contributed by atoms with Crippen molar-refractivity contribution in [3.63, 3.8) is 0 Å². The van der Waals surface area contributed by atoms with E-state index in [1.54, 1.807) is 30.1 Å². The van der Waals surface area contributed by atoms with Gasteiger partial charge in [0.15, 0.2) is 10.3 Å². The van der Waals surface area contributed by atoms with E-state index in [2.05, 4.69) is 15.6 Å².